The Balaban J connectivity index is 1.44. The summed E-state index contributed by atoms with van der Waals surface area (Å²) < 4.78 is 1.84. The molecule has 4 aromatic rings. The van der Waals surface area contributed by atoms with Crippen LogP contribution in [0.15, 0.2) is 61.1 Å². The predicted octanol–water partition coefficient (Wildman–Crippen LogP) is 3.38. The van der Waals surface area contributed by atoms with Gasteiger partial charge in [-0.05, 0) is 56.2 Å². The van der Waals surface area contributed by atoms with E-state index in [0.29, 0.717) is 47.0 Å². The van der Waals surface area contributed by atoms with E-state index in [-0.39, 0.29) is 17.9 Å². The van der Waals surface area contributed by atoms with Crippen molar-refractivity contribution in [3.8, 4) is 11.3 Å². The molecular formula is C26H26N8O2. The Morgan fingerprint density at radius 2 is 1.94 bits per heavy atom. The Morgan fingerprint density at radius 1 is 1.14 bits per heavy atom. The van der Waals surface area contributed by atoms with Crippen molar-refractivity contribution < 1.29 is 9.59 Å². The number of fused-ring (bicyclic) bond motifs is 1. The molecule has 3 N–H and O–H groups in total. The number of likely N-dealkylation sites (tertiary alicyclic amines) is 1. The predicted molar refractivity (Wildman–Crippen MR) is 137 cm³/mol. The van der Waals surface area contributed by atoms with Gasteiger partial charge in [-0.1, -0.05) is 18.2 Å². The van der Waals surface area contributed by atoms with Gasteiger partial charge in [0.15, 0.2) is 5.65 Å². The van der Waals surface area contributed by atoms with Gasteiger partial charge >= 0.3 is 0 Å². The molecule has 0 radical (unpaired) electrons. The number of carbonyl (C=O) groups is 2. The van der Waals surface area contributed by atoms with E-state index in [4.69, 9.17) is 10.8 Å². The van der Waals surface area contributed by atoms with Crippen LogP contribution >= 0.6 is 0 Å². The second kappa shape index (κ2) is 9.57. The number of anilines is 2. The third-order valence-electron chi connectivity index (χ3n) is 6.23. The summed E-state index contributed by atoms with van der Waals surface area (Å²) in [5.74, 6) is 0.556. The van der Waals surface area contributed by atoms with Crippen molar-refractivity contribution in [1.29, 1.82) is 0 Å². The lowest BCUT2D eigenvalue weighted by Crippen LogP contribution is -2.27. The van der Waals surface area contributed by atoms with Crippen LogP contribution < -0.4 is 11.1 Å². The van der Waals surface area contributed by atoms with E-state index in [1.165, 1.54) is 6.33 Å². The number of carbonyl (C=O) groups excluding carboxylic acids is 2. The SMILES string of the molecule is C/C=C/C(=O)N1CCC(n2nc(-c3ccc(C(=O)Nc4cc(C)ccn4)cc3)c3c(N)ncnc32)C1. The third-order valence-corrected chi connectivity index (χ3v) is 6.23. The van der Waals surface area contributed by atoms with E-state index < -0.39 is 0 Å². The summed E-state index contributed by atoms with van der Waals surface area (Å²) >= 11 is 0. The van der Waals surface area contributed by atoms with E-state index in [1.807, 2.05) is 42.8 Å². The molecule has 1 fully saturated rings. The molecule has 4 heterocycles. The minimum Gasteiger partial charge on any atom is -0.383 e. The van der Waals surface area contributed by atoms with Crippen LogP contribution in [-0.2, 0) is 4.79 Å². The highest BCUT2D eigenvalue weighted by molar-refractivity contribution is 6.04. The van der Waals surface area contributed by atoms with Crippen molar-refractivity contribution in [2.75, 3.05) is 24.1 Å². The summed E-state index contributed by atoms with van der Waals surface area (Å²) in [5, 5.41) is 8.33. The Morgan fingerprint density at radius 3 is 2.69 bits per heavy atom. The molecule has 0 spiro atoms. The number of aromatic nitrogens is 5. The second-order valence-electron chi connectivity index (χ2n) is 8.73. The Kier molecular flexibility index (Phi) is 6.16. The molecule has 5 rings (SSSR count). The lowest BCUT2D eigenvalue weighted by molar-refractivity contribution is -0.125. The second-order valence-corrected chi connectivity index (χ2v) is 8.73. The van der Waals surface area contributed by atoms with Crippen LogP contribution in [0.5, 0.6) is 0 Å². The fourth-order valence-corrected chi connectivity index (χ4v) is 4.41. The van der Waals surface area contributed by atoms with Crippen LogP contribution in [0.2, 0.25) is 0 Å². The van der Waals surface area contributed by atoms with Gasteiger partial charge < -0.3 is 16.0 Å². The van der Waals surface area contributed by atoms with Crippen LogP contribution in [0.25, 0.3) is 22.3 Å². The van der Waals surface area contributed by atoms with Crippen molar-refractivity contribution in [3.05, 3.63) is 72.2 Å². The Bertz CT molecular complexity index is 1480. The summed E-state index contributed by atoms with van der Waals surface area (Å²) in [6.45, 7) is 4.95. The van der Waals surface area contributed by atoms with Gasteiger partial charge in [0.2, 0.25) is 5.91 Å². The molecular weight excluding hydrogens is 456 g/mol. The molecule has 2 amide bonds. The lowest BCUT2D eigenvalue weighted by atomic mass is 10.1. The van der Waals surface area contributed by atoms with Crippen LogP contribution in [0, 0.1) is 6.92 Å². The molecule has 1 atom stereocenters. The van der Waals surface area contributed by atoms with Crippen LogP contribution in [-0.4, -0.2) is 54.5 Å². The summed E-state index contributed by atoms with van der Waals surface area (Å²) in [5.41, 5.74) is 9.78. The van der Waals surface area contributed by atoms with Gasteiger partial charge in [-0.3, -0.25) is 9.59 Å². The Hall–Kier alpha value is -4.60. The summed E-state index contributed by atoms with van der Waals surface area (Å²) in [4.78, 5) is 39.6. The average Bonchev–Trinajstić information content (AvgIpc) is 3.50. The number of allylic oxidation sites excluding steroid dienone is 1. The molecule has 10 heteroatoms. The van der Waals surface area contributed by atoms with Crippen molar-refractivity contribution in [2.24, 2.45) is 0 Å². The van der Waals surface area contributed by atoms with Crippen molar-refractivity contribution in [3.63, 3.8) is 0 Å². The van der Waals surface area contributed by atoms with E-state index in [2.05, 4.69) is 20.3 Å². The van der Waals surface area contributed by atoms with Crippen molar-refractivity contribution in [1.82, 2.24) is 29.6 Å². The molecule has 1 aliphatic rings. The summed E-state index contributed by atoms with van der Waals surface area (Å²) in [6.07, 6.45) is 7.15. The number of hydrogen-bond donors (Lipinski definition) is 2. The standard InChI is InChI=1S/C26H26N8O2/c1-3-4-21(35)33-12-10-19(14-33)34-25-22(24(27)29-15-30-25)23(32-34)17-5-7-18(8-6-17)26(36)31-20-13-16(2)9-11-28-20/h3-9,11,13,15,19H,10,12,14H2,1-2H3,(H2,27,29,30)(H,28,31,36)/b4-3+. The number of hydrogen-bond acceptors (Lipinski definition) is 7. The molecule has 1 unspecified atom stereocenters. The lowest BCUT2D eigenvalue weighted by Gasteiger charge is -2.15. The van der Waals surface area contributed by atoms with Crippen molar-refractivity contribution >= 4 is 34.5 Å². The number of nitrogens with one attached hydrogen (secondary N) is 1. The maximum absolute atomic E-state index is 12.7. The van der Waals surface area contributed by atoms with Gasteiger partial charge in [-0.15, -0.1) is 0 Å². The van der Waals surface area contributed by atoms with Gasteiger partial charge in [0.25, 0.3) is 5.91 Å². The van der Waals surface area contributed by atoms with Gasteiger partial charge in [0.1, 0.15) is 23.7 Å². The average molecular weight is 483 g/mol. The number of aryl methyl sites for hydroxylation is 1. The fourth-order valence-electron chi connectivity index (χ4n) is 4.41. The third kappa shape index (κ3) is 4.40. The molecule has 1 aliphatic heterocycles. The molecule has 1 saturated heterocycles. The van der Waals surface area contributed by atoms with Crippen LogP contribution in [0.3, 0.4) is 0 Å². The van der Waals surface area contributed by atoms with Crippen molar-refractivity contribution in [2.45, 2.75) is 26.3 Å². The van der Waals surface area contributed by atoms with E-state index in [0.717, 1.165) is 17.5 Å². The molecule has 0 aliphatic carbocycles. The highest BCUT2D eigenvalue weighted by Crippen LogP contribution is 2.34. The number of nitrogens with zero attached hydrogens (tertiary/aromatic N) is 6. The number of pyridine rings is 1. The van der Waals surface area contributed by atoms with Crippen LogP contribution in [0.1, 0.15) is 35.3 Å². The maximum atomic E-state index is 12.7. The highest BCUT2D eigenvalue weighted by Gasteiger charge is 2.30. The summed E-state index contributed by atoms with van der Waals surface area (Å²) in [7, 11) is 0. The molecule has 0 saturated carbocycles. The molecule has 36 heavy (non-hydrogen) atoms. The minimum atomic E-state index is -0.255. The molecule has 182 valence electrons. The zero-order valence-corrected chi connectivity index (χ0v) is 20.0. The monoisotopic (exact) mass is 482 g/mol. The Labute approximate surface area is 207 Å². The largest absolute Gasteiger partial charge is 0.383 e. The topological polar surface area (TPSA) is 132 Å². The van der Waals surface area contributed by atoms with E-state index in [1.54, 1.807) is 35.4 Å². The maximum Gasteiger partial charge on any atom is 0.256 e. The smallest absolute Gasteiger partial charge is 0.256 e. The number of amides is 2. The minimum absolute atomic E-state index is 0.0134. The summed E-state index contributed by atoms with van der Waals surface area (Å²) in [6, 6.07) is 10.8. The highest BCUT2D eigenvalue weighted by atomic mass is 16.2. The first kappa shape index (κ1) is 23.2. The molecule has 1 aromatic carbocycles. The van der Waals surface area contributed by atoms with Crippen LogP contribution in [0.4, 0.5) is 11.6 Å². The van der Waals surface area contributed by atoms with E-state index in [9.17, 15) is 9.59 Å². The first-order valence-corrected chi connectivity index (χ1v) is 11.7. The van der Waals surface area contributed by atoms with E-state index >= 15 is 0 Å². The van der Waals surface area contributed by atoms with Gasteiger partial charge in [0.05, 0.1) is 11.4 Å². The first-order valence-electron chi connectivity index (χ1n) is 11.7. The van der Waals surface area contributed by atoms with Gasteiger partial charge in [-0.25, -0.2) is 19.6 Å². The molecule has 10 nitrogen and oxygen atoms in total. The quantitative estimate of drug-likeness (QED) is 0.417. The number of rotatable bonds is 5. The molecule has 0 bridgehead atoms. The molecule has 3 aromatic heterocycles. The normalized spacial score (nSPS) is 15.6. The number of nitrogen functional groups attached to an aromatic ring is 1. The number of benzene rings is 1. The van der Waals surface area contributed by atoms with Gasteiger partial charge in [-0.2, -0.15) is 5.10 Å². The fraction of sp³-hybridized carbons (Fsp3) is 0.231. The number of nitrogens with two attached hydrogens (primary N) is 1. The van der Waals surface area contributed by atoms with Gasteiger partial charge in [0, 0.05) is 30.4 Å². The zero-order valence-electron chi connectivity index (χ0n) is 20.0. The first-order chi connectivity index (χ1) is 17.4. The zero-order chi connectivity index (χ0) is 25.2.